The highest BCUT2D eigenvalue weighted by Gasteiger charge is 2.36. The van der Waals surface area contributed by atoms with Gasteiger partial charge in [-0.1, -0.05) is 6.07 Å². The van der Waals surface area contributed by atoms with Gasteiger partial charge >= 0.3 is 6.09 Å². The van der Waals surface area contributed by atoms with Gasteiger partial charge in [0.2, 0.25) is 10.0 Å². The van der Waals surface area contributed by atoms with Crippen LogP contribution in [-0.4, -0.2) is 55.4 Å². The molecule has 0 aromatic carbocycles. The van der Waals surface area contributed by atoms with Gasteiger partial charge in [-0.2, -0.15) is 0 Å². The van der Waals surface area contributed by atoms with Gasteiger partial charge in [-0.05, 0) is 44.7 Å². The molecule has 134 valence electrons. The highest BCUT2D eigenvalue weighted by Crippen LogP contribution is 2.23. The number of nitrogens with one attached hydrogen (secondary N) is 1. The molecule has 0 saturated carbocycles. The van der Waals surface area contributed by atoms with E-state index in [1.54, 1.807) is 31.1 Å². The topological polar surface area (TPSA) is 88.6 Å². The third-order valence-corrected chi connectivity index (χ3v) is 4.61. The van der Waals surface area contributed by atoms with Crippen LogP contribution in [0.5, 0.6) is 0 Å². The molecule has 2 heterocycles. The fourth-order valence-electron chi connectivity index (χ4n) is 2.98. The zero-order valence-corrected chi connectivity index (χ0v) is 15.1. The molecular formula is C16H25N3O4S. The summed E-state index contributed by atoms with van der Waals surface area (Å²) in [5.41, 5.74) is 0.951. The van der Waals surface area contributed by atoms with Crippen molar-refractivity contribution >= 4 is 16.1 Å². The third-order valence-electron chi connectivity index (χ3n) is 3.88. The lowest BCUT2D eigenvalue weighted by Crippen LogP contribution is -2.58. The molecule has 1 fully saturated rings. The zero-order chi connectivity index (χ0) is 17.7. The lowest BCUT2D eigenvalue weighted by atomic mass is 9.92. The van der Waals surface area contributed by atoms with Crippen molar-refractivity contribution in [2.75, 3.05) is 12.8 Å². The Labute approximate surface area is 143 Å². The largest absolute Gasteiger partial charge is 0.447 e. The molecule has 0 spiro atoms. The van der Waals surface area contributed by atoms with E-state index >= 15 is 0 Å². The lowest BCUT2D eigenvalue weighted by Gasteiger charge is -2.41. The van der Waals surface area contributed by atoms with E-state index in [1.165, 1.54) is 0 Å². The molecule has 8 heteroatoms. The summed E-state index contributed by atoms with van der Waals surface area (Å²) in [6.07, 6.45) is 5.86. The first-order chi connectivity index (χ1) is 11.3. The second kappa shape index (κ2) is 7.94. The highest BCUT2D eigenvalue weighted by molar-refractivity contribution is 7.88. The summed E-state index contributed by atoms with van der Waals surface area (Å²) < 4.78 is 31.4. The molecule has 1 aromatic rings. The number of nitrogens with zero attached hydrogens (tertiary/aromatic N) is 2. The molecule has 1 aromatic heterocycles. The SMILES string of the molecule is CC(C)OC(=O)N1CCC[C@H](NS(C)(=O)=O)[C@@H]1Cc1cccnc1. The van der Waals surface area contributed by atoms with Crippen LogP contribution in [0.15, 0.2) is 24.5 Å². The molecule has 1 aliphatic rings. The van der Waals surface area contributed by atoms with E-state index in [0.717, 1.165) is 18.2 Å². The van der Waals surface area contributed by atoms with Crippen LogP contribution < -0.4 is 4.72 Å². The van der Waals surface area contributed by atoms with E-state index in [4.69, 9.17) is 4.74 Å². The van der Waals surface area contributed by atoms with Crippen molar-refractivity contribution in [3.8, 4) is 0 Å². The Bertz CT molecular complexity index is 649. The normalized spacial score (nSPS) is 21.8. The van der Waals surface area contributed by atoms with Crippen molar-refractivity contribution in [2.24, 2.45) is 0 Å². The van der Waals surface area contributed by atoms with Gasteiger partial charge in [0.05, 0.1) is 18.4 Å². The van der Waals surface area contributed by atoms with E-state index in [1.807, 2.05) is 12.1 Å². The molecular weight excluding hydrogens is 330 g/mol. The van der Waals surface area contributed by atoms with Gasteiger partial charge in [-0.25, -0.2) is 17.9 Å². The van der Waals surface area contributed by atoms with Gasteiger partial charge in [-0.3, -0.25) is 4.98 Å². The molecule has 24 heavy (non-hydrogen) atoms. The van der Waals surface area contributed by atoms with E-state index in [2.05, 4.69) is 9.71 Å². The minimum Gasteiger partial charge on any atom is -0.447 e. The number of amides is 1. The molecule has 1 aliphatic heterocycles. The Morgan fingerprint density at radius 2 is 2.25 bits per heavy atom. The van der Waals surface area contributed by atoms with Crippen LogP contribution in [0.2, 0.25) is 0 Å². The number of hydrogen-bond donors (Lipinski definition) is 1. The molecule has 0 aliphatic carbocycles. The fraction of sp³-hybridized carbons (Fsp3) is 0.625. The lowest BCUT2D eigenvalue weighted by molar-refractivity contribution is 0.0461. The number of sulfonamides is 1. The molecule has 7 nitrogen and oxygen atoms in total. The monoisotopic (exact) mass is 355 g/mol. The van der Waals surface area contributed by atoms with Crippen LogP contribution in [0.1, 0.15) is 32.3 Å². The summed E-state index contributed by atoms with van der Waals surface area (Å²) in [5, 5.41) is 0. The Balaban J connectivity index is 2.24. The van der Waals surface area contributed by atoms with Gasteiger partial charge in [0.15, 0.2) is 0 Å². The standard InChI is InChI=1S/C16H25N3O4S/c1-12(2)23-16(20)19-9-5-7-14(18-24(3,21)22)15(19)10-13-6-4-8-17-11-13/h4,6,8,11-12,14-15,18H,5,7,9-10H2,1-3H3/t14-,15-/m0/s1. The Hall–Kier alpha value is -1.67. The van der Waals surface area contributed by atoms with Gasteiger partial charge in [-0.15, -0.1) is 0 Å². The van der Waals surface area contributed by atoms with Crippen LogP contribution in [-0.2, 0) is 21.2 Å². The van der Waals surface area contributed by atoms with Crippen molar-refractivity contribution in [2.45, 2.75) is 51.3 Å². The average molecular weight is 355 g/mol. The number of pyridine rings is 1. The Kier molecular flexibility index (Phi) is 6.17. The van der Waals surface area contributed by atoms with Crippen LogP contribution in [0.25, 0.3) is 0 Å². The number of aromatic nitrogens is 1. The van der Waals surface area contributed by atoms with Crippen molar-refractivity contribution in [3.05, 3.63) is 30.1 Å². The molecule has 1 N–H and O–H groups in total. The predicted molar refractivity (Wildman–Crippen MR) is 91.1 cm³/mol. The first-order valence-corrected chi connectivity index (χ1v) is 9.99. The van der Waals surface area contributed by atoms with Crippen LogP contribution in [0.3, 0.4) is 0 Å². The van der Waals surface area contributed by atoms with Gasteiger partial charge in [0.1, 0.15) is 0 Å². The molecule has 2 rings (SSSR count). The Morgan fingerprint density at radius 3 is 2.83 bits per heavy atom. The predicted octanol–water partition coefficient (Wildman–Crippen LogP) is 1.55. The van der Waals surface area contributed by atoms with Gasteiger partial charge in [0.25, 0.3) is 0 Å². The van der Waals surface area contributed by atoms with Gasteiger partial charge < -0.3 is 9.64 Å². The highest BCUT2D eigenvalue weighted by atomic mass is 32.2. The summed E-state index contributed by atoms with van der Waals surface area (Å²) in [6.45, 7) is 4.15. The first-order valence-electron chi connectivity index (χ1n) is 8.09. The number of piperidine rings is 1. The van der Waals surface area contributed by atoms with Crippen LogP contribution in [0, 0.1) is 0 Å². The molecule has 0 unspecified atom stereocenters. The second-order valence-corrected chi connectivity index (χ2v) is 8.18. The summed E-state index contributed by atoms with van der Waals surface area (Å²) in [4.78, 5) is 18.2. The minimum atomic E-state index is -3.37. The summed E-state index contributed by atoms with van der Waals surface area (Å²) in [5.74, 6) is 0. The molecule has 1 amide bonds. The molecule has 1 saturated heterocycles. The number of likely N-dealkylation sites (tertiary alicyclic amines) is 1. The van der Waals surface area contributed by atoms with Crippen molar-refractivity contribution in [3.63, 3.8) is 0 Å². The second-order valence-electron chi connectivity index (χ2n) is 6.40. The molecule has 2 atom stereocenters. The first kappa shape index (κ1) is 18.7. The van der Waals surface area contributed by atoms with Gasteiger partial charge in [0, 0.05) is 25.0 Å². The number of hydrogen-bond acceptors (Lipinski definition) is 5. The maximum atomic E-state index is 12.4. The van der Waals surface area contributed by atoms with E-state index in [9.17, 15) is 13.2 Å². The van der Waals surface area contributed by atoms with Crippen molar-refractivity contribution < 1.29 is 17.9 Å². The van der Waals surface area contributed by atoms with Crippen LogP contribution >= 0.6 is 0 Å². The summed E-state index contributed by atoms with van der Waals surface area (Å²) in [6, 6.07) is 3.11. The Morgan fingerprint density at radius 1 is 1.50 bits per heavy atom. The van der Waals surface area contributed by atoms with E-state index in [0.29, 0.717) is 19.4 Å². The average Bonchev–Trinajstić information content (AvgIpc) is 2.48. The molecule has 0 radical (unpaired) electrons. The minimum absolute atomic E-state index is 0.222. The fourth-order valence-corrected chi connectivity index (χ4v) is 3.80. The number of ether oxygens (including phenoxy) is 1. The van der Waals surface area contributed by atoms with Crippen molar-refractivity contribution in [1.82, 2.24) is 14.6 Å². The number of rotatable bonds is 5. The molecule has 0 bridgehead atoms. The van der Waals surface area contributed by atoms with E-state index in [-0.39, 0.29) is 18.2 Å². The maximum absolute atomic E-state index is 12.4. The zero-order valence-electron chi connectivity index (χ0n) is 14.3. The van der Waals surface area contributed by atoms with Crippen molar-refractivity contribution in [1.29, 1.82) is 0 Å². The summed E-state index contributed by atoms with van der Waals surface area (Å²) >= 11 is 0. The maximum Gasteiger partial charge on any atom is 0.410 e. The summed E-state index contributed by atoms with van der Waals surface area (Å²) in [7, 11) is -3.37. The smallest absolute Gasteiger partial charge is 0.410 e. The number of carbonyl (C=O) groups is 1. The number of carbonyl (C=O) groups excluding carboxylic acids is 1. The van der Waals surface area contributed by atoms with Crippen LogP contribution in [0.4, 0.5) is 4.79 Å². The third kappa shape index (κ3) is 5.45. The quantitative estimate of drug-likeness (QED) is 0.866. The van der Waals surface area contributed by atoms with E-state index < -0.39 is 16.1 Å².